The Balaban J connectivity index is 1.57. The van der Waals surface area contributed by atoms with Gasteiger partial charge in [-0.15, -0.1) is 0 Å². The highest BCUT2D eigenvalue weighted by molar-refractivity contribution is 5.78. The van der Waals surface area contributed by atoms with Gasteiger partial charge in [0.25, 0.3) is 0 Å². The molecule has 184 valence electrons. The van der Waals surface area contributed by atoms with E-state index >= 15 is 0 Å². The van der Waals surface area contributed by atoms with E-state index in [4.69, 9.17) is 9.47 Å². The monoisotopic (exact) mass is 473 g/mol. The molecule has 3 aromatic rings. The number of hydrogen-bond acceptors (Lipinski definition) is 5. The van der Waals surface area contributed by atoms with Crippen molar-refractivity contribution in [3.8, 4) is 11.5 Å². The van der Waals surface area contributed by atoms with Gasteiger partial charge in [0, 0.05) is 38.9 Å². The average Bonchev–Trinajstić information content (AvgIpc) is 2.89. The van der Waals surface area contributed by atoms with E-state index in [9.17, 15) is 4.79 Å². The summed E-state index contributed by atoms with van der Waals surface area (Å²) >= 11 is 0. The van der Waals surface area contributed by atoms with Gasteiger partial charge in [-0.2, -0.15) is 0 Å². The third-order valence-electron chi connectivity index (χ3n) is 6.67. The SMILES string of the molecule is COc1cc2c(cc1OC)C(Cc1ccc(N(C)C)cc1)N(CC(=O)NCc1ccccc1)CC2. The fourth-order valence-corrected chi connectivity index (χ4v) is 4.70. The minimum Gasteiger partial charge on any atom is -0.493 e. The molecule has 0 saturated carbocycles. The Morgan fingerprint density at radius 2 is 1.66 bits per heavy atom. The van der Waals surface area contributed by atoms with Crippen LogP contribution in [-0.4, -0.2) is 52.2 Å². The Morgan fingerprint density at radius 1 is 0.971 bits per heavy atom. The zero-order valence-corrected chi connectivity index (χ0v) is 21.1. The largest absolute Gasteiger partial charge is 0.493 e. The van der Waals surface area contributed by atoms with Gasteiger partial charge >= 0.3 is 0 Å². The number of methoxy groups -OCH3 is 2. The summed E-state index contributed by atoms with van der Waals surface area (Å²) in [6.07, 6.45) is 1.67. The van der Waals surface area contributed by atoms with Crippen LogP contribution in [0.3, 0.4) is 0 Å². The molecule has 1 atom stereocenters. The third kappa shape index (κ3) is 5.95. The molecule has 6 nitrogen and oxygen atoms in total. The van der Waals surface area contributed by atoms with E-state index in [0.717, 1.165) is 36.4 Å². The van der Waals surface area contributed by atoms with Crippen LogP contribution in [0.15, 0.2) is 66.7 Å². The van der Waals surface area contributed by atoms with Crippen molar-refractivity contribution in [1.82, 2.24) is 10.2 Å². The number of ether oxygens (including phenoxy) is 2. The van der Waals surface area contributed by atoms with Gasteiger partial charge in [0.1, 0.15) is 0 Å². The number of nitrogens with zero attached hydrogens (tertiary/aromatic N) is 2. The molecule has 1 heterocycles. The molecule has 1 aliphatic rings. The van der Waals surface area contributed by atoms with E-state index in [1.165, 1.54) is 22.4 Å². The molecular formula is C29H35N3O3. The highest BCUT2D eigenvalue weighted by atomic mass is 16.5. The Bertz CT molecular complexity index is 1130. The normalized spacial score (nSPS) is 15.3. The molecule has 3 aromatic carbocycles. The van der Waals surface area contributed by atoms with Crippen LogP contribution < -0.4 is 19.7 Å². The molecule has 0 aliphatic carbocycles. The van der Waals surface area contributed by atoms with Crippen molar-refractivity contribution < 1.29 is 14.3 Å². The first-order valence-electron chi connectivity index (χ1n) is 12.0. The lowest BCUT2D eigenvalue weighted by atomic mass is 9.88. The number of nitrogens with one attached hydrogen (secondary N) is 1. The topological polar surface area (TPSA) is 54.0 Å². The molecule has 4 rings (SSSR count). The van der Waals surface area contributed by atoms with Crippen LogP contribution >= 0.6 is 0 Å². The van der Waals surface area contributed by atoms with Crippen LogP contribution in [0.2, 0.25) is 0 Å². The molecule has 1 N–H and O–H groups in total. The van der Waals surface area contributed by atoms with Crippen molar-refractivity contribution in [3.63, 3.8) is 0 Å². The minimum atomic E-state index is 0.0331. The van der Waals surface area contributed by atoms with Crippen LogP contribution in [0.25, 0.3) is 0 Å². The van der Waals surface area contributed by atoms with Gasteiger partial charge in [-0.25, -0.2) is 0 Å². The lowest BCUT2D eigenvalue weighted by molar-refractivity contribution is -0.123. The number of anilines is 1. The van der Waals surface area contributed by atoms with E-state index < -0.39 is 0 Å². The van der Waals surface area contributed by atoms with Gasteiger partial charge in [-0.3, -0.25) is 9.69 Å². The predicted molar refractivity (Wildman–Crippen MR) is 140 cm³/mol. The maximum Gasteiger partial charge on any atom is 0.234 e. The Hall–Kier alpha value is -3.51. The number of carbonyl (C=O) groups excluding carboxylic acids is 1. The zero-order valence-electron chi connectivity index (χ0n) is 21.1. The number of carbonyl (C=O) groups is 1. The van der Waals surface area contributed by atoms with Gasteiger partial charge in [0.2, 0.25) is 5.91 Å². The van der Waals surface area contributed by atoms with Gasteiger partial charge in [0.15, 0.2) is 11.5 Å². The molecule has 0 spiro atoms. The van der Waals surface area contributed by atoms with E-state index in [-0.39, 0.29) is 11.9 Å². The standard InChI is InChI=1S/C29H35N3O3/c1-31(2)24-12-10-21(11-13-24)16-26-25-18-28(35-4)27(34-3)17-23(25)14-15-32(26)20-29(33)30-19-22-8-6-5-7-9-22/h5-13,17-18,26H,14-16,19-20H2,1-4H3,(H,30,33). The maximum absolute atomic E-state index is 12.9. The van der Waals surface area contributed by atoms with Crippen molar-refractivity contribution in [2.45, 2.75) is 25.4 Å². The predicted octanol–water partition coefficient (Wildman–Crippen LogP) is 4.23. The highest BCUT2D eigenvalue weighted by Gasteiger charge is 2.30. The number of rotatable bonds is 9. The summed E-state index contributed by atoms with van der Waals surface area (Å²) < 4.78 is 11.2. The summed E-state index contributed by atoms with van der Waals surface area (Å²) in [4.78, 5) is 17.3. The molecule has 0 fully saturated rings. The number of amides is 1. The molecular weight excluding hydrogens is 438 g/mol. The van der Waals surface area contributed by atoms with Crippen molar-refractivity contribution in [3.05, 3.63) is 89.0 Å². The first-order chi connectivity index (χ1) is 17.0. The van der Waals surface area contributed by atoms with E-state index in [0.29, 0.717) is 13.1 Å². The van der Waals surface area contributed by atoms with Gasteiger partial charge < -0.3 is 19.7 Å². The Morgan fingerprint density at radius 3 is 2.31 bits per heavy atom. The highest BCUT2D eigenvalue weighted by Crippen LogP contribution is 2.39. The minimum absolute atomic E-state index is 0.0331. The molecule has 0 saturated heterocycles. The van der Waals surface area contributed by atoms with Crippen LogP contribution in [0.4, 0.5) is 5.69 Å². The smallest absolute Gasteiger partial charge is 0.234 e. The lowest BCUT2D eigenvalue weighted by Crippen LogP contribution is -2.43. The van der Waals surface area contributed by atoms with Crippen molar-refractivity contribution in [2.75, 3.05) is 46.3 Å². The van der Waals surface area contributed by atoms with E-state index in [2.05, 4.69) is 51.5 Å². The average molecular weight is 474 g/mol. The van der Waals surface area contributed by atoms with Gasteiger partial charge in [0.05, 0.1) is 20.8 Å². The van der Waals surface area contributed by atoms with Crippen molar-refractivity contribution >= 4 is 11.6 Å². The number of fused-ring (bicyclic) bond motifs is 1. The Labute approximate surface area is 208 Å². The second-order valence-electron chi connectivity index (χ2n) is 9.17. The third-order valence-corrected chi connectivity index (χ3v) is 6.67. The molecule has 0 bridgehead atoms. The molecule has 0 aromatic heterocycles. The summed E-state index contributed by atoms with van der Waals surface area (Å²) in [6.45, 7) is 1.69. The molecule has 0 radical (unpaired) electrons. The van der Waals surface area contributed by atoms with Crippen LogP contribution in [0.1, 0.15) is 28.3 Å². The van der Waals surface area contributed by atoms with E-state index in [1.807, 2.05) is 44.4 Å². The second-order valence-corrected chi connectivity index (χ2v) is 9.17. The summed E-state index contributed by atoms with van der Waals surface area (Å²) in [7, 11) is 7.42. The fourth-order valence-electron chi connectivity index (χ4n) is 4.70. The maximum atomic E-state index is 12.9. The van der Waals surface area contributed by atoms with Gasteiger partial charge in [-0.05, 0) is 59.4 Å². The van der Waals surface area contributed by atoms with Crippen molar-refractivity contribution in [2.24, 2.45) is 0 Å². The molecule has 1 unspecified atom stereocenters. The van der Waals surface area contributed by atoms with Gasteiger partial charge in [-0.1, -0.05) is 42.5 Å². The zero-order chi connectivity index (χ0) is 24.8. The Kier molecular flexibility index (Phi) is 7.93. The second kappa shape index (κ2) is 11.3. The number of hydrogen-bond donors (Lipinski definition) is 1. The fraction of sp³-hybridized carbons (Fsp3) is 0.345. The molecule has 1 aliphatic heterocycles. The van der Waals surface area contributed by atoms with Crippen LogP contribution in [-0.2, 0) is 24.2 Å². The van der Waals surface area contributed by atoms with E-state index in [1.54, 1.807) is 14.2 Å². The molecule has 35 heavy (non-hydrogen) atoms. The van der Waals surface area contributed by atoms with Crippen molar-refractivity contribution in [1.29, 1.82) is 0 Å². The quantitative estimate of drug-likeness (QED) is 0.504. The summed E-state index contributed by atoms with van der Waals surface area (Å²) in [5.74, 6) is 1.50. The van der Waals surface area contributed by atoms with Crippen LogP contribution in [0.5, 0.6) is 11.5 Å². The number of benzene rings is 3. The molecule has 6 heteroatoms. The van der Waals surface area contributed by atoms with Crippen LogP contribution in [0, 0.1) is 0 Å². The first-order valence-corrected chi connectivity index (χ1v) is 12.0. The first kappa shape index (κ1) is 24.6. The summed E-state index contributed by atoms with van der Waals surface area (Å²) in [5.41, 5.74) is 5.94. The molecule has 1 amide bonds. The lowest BCUT2D eigenvalue weighted by Gasteiger charge is -2.37. The summed E-state index contributed by atoms with van der Waals surface area (Å²) in [5, 5.41) is 3.08. The summed E-state index contributed by atoms with van der Waals surface area (Å²) in [6, 6.07) is 22.9.